The molecule has 3 aromatic carbocycles. The normalized spacial score (nSPS) is 11.0. The number of carbonyl (C=O) groups is 1. The van der Waals surface area contributed by atoms with E-state index in [9.17, 15) is 4.79 Å². The zero-order valence-corrected chi connectivity index (χ0v) is 21.1. The second-order valence-corrected chi connectivity index (χ2v) is 9.27. The van der Waals surface area contributed by atoms with E-state index >= 15 is 0 Å². The fourth-order valence-corrected chi connectivity index (χ4v) is 4.26. The molecule has 5 aromatic rings. The summed E-state index contributed by atoms with van der Waals surface area (Å²) in [5, 5.41) is 7.99. The minimum Gasteiger partial charge on any atom is -0.397 e. The Morgan fingerprint density at radius 1 is 0.892 bits per heavy atom. The average molecular weight is 532 g/mol. The molecule has 0 saturated carbocycles. The minimum absolute atomic E-state index is 0.163. The highest BCUT2D eigenvalue weighted by Gasteiger charge is 2.13. The van der Waals surface area contributed by atoms with Gasteiger partial charge in [0.2, 0.25) is 5.95 Å². The van der Waals surface area contributed by atoms with Crippen molar-refractivity contribution in [2.75, 3.05) is 22.1 Å². The molecule has 0 spiro atoms. The molecule has 5 rings (SSSR count). The third kappa shape index (κ3) is 5.45. The van der Waals surface area contributed by atoms with Crippen LogP contribution >= 0.6 is 23.2 Å². The van der Waals surface area contributed by atoms with Crippen LogP contribution in [-0.4, -0.2) is 20.4 Å². The summed E-state index contributed by atoms with van der Waals surface area (Å²) in [6.07, 6.45) is 1.93. The summed E-state index contributed by atoms with van der Waals surface area (Å²) in [5.41, 5.74) is 16.2. The van der Waals surface area contributed by atoms with Gasteiger partial charge in [0.05, 0.1) is 26.8 Å². The Kier molecular flexibility index (Phi) is 6.85. The molecule has 2 heterocycles. The maximum atomic E-state index is 12.6. The third-order valence-electron chi connectivity index (χ3n) is 5.86. The number of anilines is 4. The molecule has 1 amide bonds. The van der Waals surface area contributed by atoms with Crippen LogP contribution in [0.15, 0.2) is 79.0 Å². The quantitative estimate of drug-likeness (QED) is 0.196. The standard InChI is InChI=1S/C27H23Cl2N7O/c28-20-10-7-17(13-21(20)29)14-32-24-19-11-12-36(25(19)35-27(31)34-24)15-16-5-8-18(9-6-16)26(37)33-23-4-2-1-3-22(23)30/h1-13H,14-15,30H2,(H,33,37)(H3,31,32,34,35). The molecule has 37 heavy (non-hydrogen) atoms. The van der Waals surface area contributed by atoms with Crippen molar-refractivity contribution < 1.29 is 4.79 Å². The summed E-state index contributed by atoms with van der Waals surface area (Å²) >= 11 is 12.1. The number of aromatic nitrogens is 3. The van der Waals surface area contributed by atoms with Gasteiger partial charge in [-0.2, -0.15) is 9.97 Å². The van der Waals surface area contributed by atoms with E-state index in [-0.39, 0.29) is 11.9 Å². The summed E-state index contributed by atoms with van der Waals surface area (Å²) in [5.74, 6) is 0.560. The van der Waals surface area contributed by atoms with Gasteiger partial charge in [-0.15, -0.1) is 0 Å². The number of carbonyl (C=O) groups excluding carboxylic acids is 1. The Balaban J connectivity index is 1.31. The number of fused-ring (bicyclic) bond motifs is 1. The molecule has 0 atom stereocenters. The molecule has 0 aliphatic heterocycles. The van der Waals surface area contributed by atoms with E-state index in [0.29, 0.717) is 51.5 Å². The average Bonchev–Trinajstić information content (AvgIpc) is 3.28. The van der Waals surface area contributed by atoms with Crippen LogP contribution in [-0.2, 0) is 13.1 Å². The van der Waals surface area contributed by atoms with Crippen molar-refractivity contribution in [3.63, 3.8) is 0 Å². The summed E-state index contributed by atoms with van der Waals surface area (Å²) in [7, 11) is 0. The van der Waals surface area contributed by atoms with Gasteiger partial charge in [-0.05, 0) is 53.6 Å². The predicted octanol–water partition coefficient (Wildman–Crippen LogP) is 5.82. The van der Waals surface area contributed by atoms with Gasteiger partial charge < -0.3 is 26.7 Å². The molecule has 0 radical (unpaired) electrons. The van der Waals surface area contributed by atoms with Gasteiger partial charge in [-0.3, -0.25) is 4.79 Å². The molecule has 0 fully saturated rings. The Morgan fingerprint density at radius 2 is 1.65 bits per heavy atom. The van der Waals surface area contributed by atoms with Gasteiger partial charge in [0.15, 0.2) is 0 Å². The second kappa shape index (κ2) is 10.4. The highest BCUT2D eigenvalue weighted by molar-refractivity contribution is 6.42. The minimum atomic E-state index is -0.228. The van der Waals surface area contributed by atoms with Crippen molar-refractivity contribution in [1.82, 2.24) is 14.5 Å². The number of rotatable bonds is 7. The molecule has 0 aliphatic carbocycles. The summed E-state index contributed by atoms with van der Waals surface area (Å²) in [4.78, 5) is 21.4. The first-order chi connectivity index (χ1) is 17.9. The van der Waals surface area contributed by atoms with E-state index < -0.39 is 0 Å². The van der Waals surface area contributed by atoms with Crippen LogP contribution in [0.1, 0.15) is 21.5 Å². The maximum absolute atomic E-state index is 12.6. The molecule has 2 aromatic heterocycles. The van der Waals surface area contributed by atoms with Crippen LogP contribution in [0.2, 0.25) is 10.0 Å². The molecule has 0 aliphatic rings. The van der Waals surface area contributed by atoms with Gasteiger partial charge in [0.25, 0.3) is 5.91 Å². The maximum Gasteiger partial charge on any atom is 0.255 e. The van der Waals surface area contributed by atoms with Crippen LogP contribution in [0.5, 0.6) is 0 Å². The topological polar surface area (TPSA) is 124 Å². The molecule has 6 N–H and O–H groups in total. The number of amides is 1. The highest BCUT2D eigenvalue weighted by atomic mass is 35.5. The van der Waals surface area contributed by atoms with Crippen molar-refractivity contribution in [2.24, 2.45) is 0 Å². The van der Waals surface area contributed by atoms with E-state index in [1.165, 1.54) is 0 Å². The molecule has 10 heteroatoms. The van der Waals surface area contributed by atoms with E-state index in [1.54, 1.807) is 30.3 Å². The van der Waals surface area contributed by atoms with Crippen LogP contribution in [0, 0.1) is 0 Å². The van der Waals surface area contributed by atoms with Crippen molar-refractivity contribution >= 4 is 63.3 Å². The van der Waals surface area contributed by atoms with Gasteiger partial charge in [-0.25, -0.2) is 0 Å². The van der Waals surface area contributed by atoms with Gasteiger partial charge in [0, 0.05) is 24.8 Å². The monoisotopic (exact) mass is 531 g/mol. The molecular formula is C27H23Cl2N7O. The lowest BCUT2D eigenvalue weighted by Crippen LogP contribution is -2.13. The van der Waals surface area contributed by atoms with Gasteiger partial charge >= 0.3 is 0 Å². The van der Waals surface area contributed by atoms with E-state index in [0.717, 1.165) is 16.5 Å². The van der Waals surface area contributed by atoms with Crippen LogP contribution < -0.4 is 22.1 Å². The molecular weight excluding hydrogens is 509 g/mol. The largest absolute Gasteiger partial charge is 0.397 e. The molecule has 0 bridgehead atoms. The Bertz CT molecular complexity index is 1600. The Hall–Kier alpha value is -4.27. The zero-order chi connectivity index (χ0) is 25.9. The van der Waals surface area contributed by atoms with Crippen molar-refractivity contribution in [2.45, 2.75) is 13.1 Å². The van der Waals surface area contributed by atoms with E-state index in [1.807, 2.05) is 53.2 Å². The van der Waals surface area contributed by atoms with Gasteiger partial charge in [-0.1, -0.05) is 53.5 Å². The highest BCUT2D eigenvalue weighted by Crippen LogP contribution is 2.26. The number of nitrogens with zero attached hydrogens (tertiary/aromatic N) is 3. The molecule has 8 nitrogen and oxygen atoms in total. The first kappa shape index (κ1) is 24.4. The SMILES string of the molecule is Nc1nc(NCc2ccc(Cl)c(Cl)c2)c2ccn(Cc3ccc(C(=O)Nc4ccccc4N)cc3)c2n1. The number of benzene rings is 3. The number of hydrogen-bond donors (Lipinski definition) is 4. The number of halogens is 2. The summed E-state index contributed by atoms with van der Waals surface area (Å²) in [6, 6.07) is 21.9. The van der Waals surface area contributed by atoms with Crippen molar-refractivity contribution in [1.29, 1.82) is 0 Å². The first-order valence-corrected chi connectivity index (χ1v) is 12.2. The van der Waals surface area contributed by atoms with Crippen LogP contribution in [0.25, 0.3) is 11.0 Å². The van der Waals surface area contributed by atoms with Crippen molar-refractivity contribution in [3.05, 3.63) is 106 Å². The Morgan fingerprint density at radius 3 is 2.41 bits per heavy atom. The lowest BCUT2D eigenvalue weighted by molar-refractivity contribution is 0.102. The lowest BCUT2D eigenvalue weighted by atomic mass is 10.1. The van der Waals surface area contributed by atoms with Crippen molar-refractivity contribution in [3.8, 4) is 0 Å². The fourth-order valence-electron chi connectivity index (χ4n) is 3.94. The number of nitrogens with one attached hydrogen (secondary N) is 2. The summed E-state index contributed by atoms with van der Waals surface area (Å²) in [6.45, 7) is 1.03. The third-order valence-corrected chi connectivity index (χ3v) is 6.60. The number of hydrogen-bond acceptors (Lipinski definition) is 6. The summed E-state index contributed by atoms with van der Waals surface area (Å²) < 4.78 is 1.98. The lowest BCUT2D eigenvalue weighted by Gasteiger charge is -2.11. The van der Waals surface area contributed by atoms with Crippen LogP contribution in [0.4, 0.5) is 23.1 Å². The van der Waals surface area contributed by atoms with E-state index in [4.69, 9.17) is 34.7 Å². The van der Waals surface area contributed by atoms with E-state index in [2.05, 4.69) is 20.6 Å². The first-order valence-electron chi connectivity index (χ1n) is 11.4. The predicted molar refractivity (Wildman–Crippen MR) is 150 cm³/mol. The number of para-hydroxylation sites is 2. The second-order valence-electron chi connectivity index (χ2n) is 8.45. The molecule has 0 saturated heterocycles. The van der Waals surface area contributed by atoms with Gasteiger partial charge in [0.1, 0.15) is 11.5 Å². The Labute approximate surface area is 223 Å². The molecule has 0 unspecified atom stereocenters. The zero-order valence-electron chi connectivity index (χ0n) is 19.6. The number of nitrogen functional groups attached to an aromatic ring is 2. The smallest absolute Gasteiger partial charge is 0.255 e. The fraction of sp³-hybridized carbons (Fsp3) is 0.0741. The number of nitrogens with two attached hydrogens (primary N) is 2. The van der Waals surface area contributed by atoms with Crippen LogP contribution in [0.3, 0.4) is 0 Å². The molecule has 186 valence electrons.